The number of aromatic nitrogens is 2. The Bertz CT molecular complexity index is 383. The van der Waals surface area contributed by atoms with Crippen LogP contribution in [0.3, 0.4) is 0 Å². The lowest BCUT2D eigenvalue weighted by molar-refractivity contribution is 0.0178. The fraction of sp³-hybridized carbons (Fsp3) is 0.636. The van der Waals surface area contributed by atoms with Crippen molar-refractivity contribution in [2.75, 3.05) is 6.61 Å². The summed E-state index contributed by atoms with van der Waals surface area (Å²) in [5.74, 6) is 0.0472. The average molecular weight is 287 g/mol. The van der Waals surface area contributed by atoms with Crippen LogP contribution in [0, 0.1) is 0 Å². The number of nitrogens with zero attached hydrogens (tertiary/aromatic N) is 2. The van der Waals surface area contributed by atoms with Gasteiger partial charge in [0.1, 0.15) is 11.8 Å². The molecule has 1 aliphatic rings. The van der Waals surface area contributed by atoms with Crippen molar-refractivity contribution < 1.29 is 9.53 Å². The molecule has 0 bridgehead atoms. The average Bonchev–Trinajstić information content (AvgIpc) is 2.70. The van der Waals surface area contributed by atoms with Gasteiger partial charge in [0.25, 0.3) is 0 Å². The lowest BCUT2D eigenvalue weighted by Gasteiger charge is -2.21. The second-order valence-corrected chi connectivity index (χ2v) is 4.73. The van der Waals surface area contributed by atoms with E-state index < -0.39 is 0 Å². The molecular formula is C11H15BrN2O2. The highest BCUT2D eigenvalue weighted by Gasteiger charge is 2.27. The van der Waals surface area contributed by atoms with Gasteiger partial charge >= 0.3 is 0 Å². The molecule has 1 unspecified atom stereocenters. The number of ketones is 1. The minimum atomic E-state index is -0.285. The first-order valence-corrected chi connectivity index (χ1v) is 6.40. The van der Waals surface area contributed by atoms with Crippen molar-refractivity contribution in [2.24, 2.45) is 0 Å². The van der Waals surface area contributed by atoms with E-state index in [1.165, 1.54) is 0 Å². The highest BCUT2D eigenvalue weighted by Crippen LogP contribution is 2.22. The summed E-state index contributed by atoms with van der Waals surface area (Å²) in [6.07, 6.45) is 4.32. The highest BCUT2D eigenvalue weighted by molar-refractivity contribution is 9.10. The minimum absolute atomic E-state index is 0.0472. The van der Waals surface area contributed by atoms with E-state index in [-0.39, 0.29) is 11.9 Å². The van der Waals surface area contributed by atoms with Crippen molar-refractivity contribution in [2.45, 2.75) is 38.8 Å². The molecule has 1 aliphatic heterocycles. The Labute approximate surface area is 103 Å². The van der Waals surface area contributed by atoms with E-state index in [9.17, 15) is 4.79 Å². The minimum Gasteiger partial charge on any atom is -0.370 e. The van der Waals surface area contributed by atoms with Crippen LogP contribution < -0.4 is 0 Å². The third-order valence-electron chi connectivity index (χ3n) is 2.80. The Morgan fingerprint density at radius 2 is 2.50 bits per heavy atom. The number of halogens is 1. The Hall–Kier alpha value is -0.680. The molecule has 0 spiro atoms. The number of Topliss-reactive ketones (excluding diaryl/α,β-unsaturated/α-hetero) is 1. The monoisotopic (exact) mass is 286 g/mol. The molecule has 0 saturated carbocycles. The number of carbonyl (C=O) groups excluding carboxylic acids is 1. The Morgan fingerprint density at radius 3 is 3.12 bits per heavy atom. The lowest BCUT2D eigenvalue weighted by atomic mass is 10.0. The van der Waals surface area contributed by atoms with Gasteiger partial charge in [0.2, 0.25) is 5.78 Å². The van der Waals surface area contributed by atoms with Gasteiger partial charge in [-0.1, -0.05) is 0 Å². The van der Waals surface area contributed by atoms with Crippen LogP contribution in [0.2, 0.25) is 0 Å². The predicted molar refractivity (Wildman–Crippen MR) is 63.5 cm³/mol. The number of ether oxygens (including phenoxy) is 1. The summed E-state index contributed by atoms with van der Waals surface area (Å²) < 4.78 is 7.98. The van der Waals surface area contributed by atoms with Crippen molar-refractivity contribution in [3.05, 3.63) is 16.4 Å². The van der Waals surface area contributed by atoms with E-state index >= 15 is 0 Å². The maximum atomic E-state index is 12.2. The second-order valence-electron chi connectivity index (χ2n) is 3.88. The number of rotatable bonds is 3. The third-order valence-corrected chi connectivity index (χ3v) is 3.38. The molecule has 1 aromatic rings. The molecule has 0 radical (unpaired) electrons. The zero-order chi connectivity index (χ0) is 11.5. The molecule has 0 aliphatic carbocycles. The van der Waals surface area contributed by atoms with Gasteiger partial charge in [-0.2, -0.15) is 5.10 Å². The molecular weight excluding hydrogens is 272 g/mol. The second kappa shape index (κ2) is 5.10. The number of aryl methyl sites for hydroxylation is 1. The Kier molecular flexibility index (Phi) is 3.76. The Balaban J connectivity index is 2.21. The van der Waals surface area contributed by atoms with Crippen molar-refractivity contribution in [1.82, 2.24) is 9.78 Å². The van der Waals surface area contributed by atoms with Crippen LogP contribution in [0.15, 0.2) is 10.7 Å². The van der Waals surface area contributed by atoms with Gasteiger partial charge in [0, 0.05) is 13.2 Å². The molecule has 1 atom stereocenters. The molecule has 16 heavy (non-hydrogen) atoms. The molecule has 1 saturated heterocycles. The van der Waals surface area contributed by atoms with Crippen molar-refractivity contribution in [3.63, 3.8) is 0 Å². The molecule has 1 aromatic heterocycles. The summed E-state index contributed by atoms with van der Waals surface area (Å²) in [5.41, 5.74) is 0.634. The maximum Gasteiger partial charge on any atom is 0.210 e. The quantitative estimate of drug-likeness (QED) is 0.802. The van der Waals surface area contributed by atoms with Gasteiger partial charge in [0.05, 0.1) is 10.7 Å². The van der Waals surface area contributed by atoms with Crippen LogP contribution >= 0.6 is 15.9 Å². The van der Waals surface area contributed by atoms with Gasteiger partial charge in [-0.3, -0.25) is 9.48 Å². The third kappa shape index (κ3) is 2.20. The molecule has 88 valence electrons. The van der Waals surface area contributed by atoms with Gasteiger partial charge in [-0.15, -0.1) is 0 Å². The van der Waals surface area contributed by atoms with Crippen LogP contribution in [0.1, 0.15) is 36.7 Å². The lowest BCUT2D eigenvalue weighted by Crippen LogP contribution is -2.30. The van der Waals surface area contributed by atoms with Crippen LogP contribution in [0.5, 0.6) is 0 Å². The zero-order valence-corrected chi connectivity index (χ0v) is 10.9. The smallest absolute Gasteiger partial charge is 0.210 e. The van der Waals surface area contributed by atoms with E-state index in [1.54, 1.807) is 10.9 Å². The largest absolute Gasteiger partial charge is 0.370 e. The first-order valence-electron chi connectivity index (χ1n) is 5.61. The van der Waals surface area contributed by atoms with Gasteiger partial charge < -0.3 is 4.74 Å². The van der Waals surface area contributed by atoms with Crippen LogP contribution in [0.25, 0.3) is 0 Å². The van der Waals surface area contributed by atoms with E-state index in [0.717, 1.165) is 23.7 Å². The first kappa shape index (κ1) is 11.8. The molecule has 4 nitrogen and oxygen atoms in total. The molecule has 2 heterocycles. The molecule has 0 aromatic carbocycles. The molecule has 2 rings (SSSR count). The summed E-state index contributed by atoms with van der Waals surface area (Å²) >= 11 is 3.37. The van der Waals surface area contributed by atoms with Crippen LogP contribution in [-0.2, 0) is 11.3 Å². The summed E-state index contributed by atoms with van der Waals surface area (Å²) in [6, 6.07) is 0. The van der Waals surface area contributed by atoms with Gasteiger partial charge in [-0.25, -0.2) is 0 Å². The van der Waals surface area contributed by atoms with Gasteiger partial charge in [-0.05, 0) is 42.1 Å². The fourth-order valence-corrected chi connectivity index (χ4v) is 2.44. The number of hydrogen-bond acceptors (Lipinski definition) is 3. The topological polar surface area (TPSA) is 44.1 Å². The predicted octanol–water partition coefficient (Wildman–Crippen LogP) is 2.42. The molecule has 1 fully saturated rings. The van der Waals surface area contributed by atoms with Gasteiger partial charge in [0.15, 0.2) is 0 Å². The van der Waals surface area contributed by atoms with Crippen molar-refractivity contribution in [1.29, 1.82) is 0 Å². The molecule has 0 N–H and O–H groups in total. The first-order chi connectivity index (χ1) is 7.74. The number of hydrogen-bond donors (Lipinski definition) is 0. The normalized spacial score (nSPS) is 21.0. The summed E-state index contributed by atoms with van der Waals surface area (Å²) in [4.78, 5) is 12.2. The fourth-order valence-electron chi connectivity index (χ4n) is 1.95. The van der Waals surface area contributed by atoms with Crippen LogP contribution in [0.4, 0.5) is 0 Å². The summed E-state index contributed by atoms with van der Waals surface area (Å²) in [5, 5.41) is 4.14. The number of carbonyl (C=O) groups is 1. The molecule has 5 heteroatoms. The highest BCUT2D eigenvalue weighted by atomic mass is 79.9. The maximum absolute atomic E-state index is 12.2. The van der Waals surface area contributed by atoms with E-state index in [0.29, 0.717) is 18.8 Å². The van der Waals surface area contributed by atoms with Crippen molar-refractivity contribution in [3.8, 4) is 0 Å². The van der Waals surface area contributed by atoms with E-state index in [2.05, 4.69) is 21.0 Å². The molecule has 0 amide bonds. The zero-order valence-electron chi connectivity index (χ0n) is 9.28. The summed E-state index contributed by atoms with van der Waals surface area (Å²) in [6.45, 7) is 3.35. The summed E-state index contributed by atoms with van der Waals surface area (Å²) in [7, 11) is 0. The van der Waals surface area contributed by atoms with Crippen LogP contribution in [-0.4, -0.2) is 28.3 Å². The van der Waals surface area contributed by atoms with E-state index in [4.69, 9.17) is 4.74 Å². The van der Waals surface area contributed by atoms with E-state index in [1.807, 2.05) is 6.92 Å². The SMILES string of the molecule is CCn1ncc(Br)c1C(=O)C1CCCCO1. The Morgan fingerprint density at radius 1 is 1.69 bits per heavy atom. The van der Waals surface area contributed by atoms with Crippen molar-refractivity contribution >= 4 is 21.7 Å². The standard InChI is InChI=1S/C11H15BrN2O2/c1-2-14-10(8(12)7-13-14)11(15)9-5-3-4-6-16-9/h7,9H,2-6H2,1H3.